The quantitative estimate of drug-likeness (QED) is 0.647. The molecule has 23 heavy (non-hydrogen) atoms. The number of hydrogen-bond acceptors (Lipinski definition) is 5. The molecule has 1 aliphatic heterocycles. The highest BCUT2D eigenvalue weighted by molar-refractivity contribution is 6.52. The van der Waals surface area contributed by atoms with Gasteiger partial charge in [0.25, 0.3) is 0 Å². The Kier molecular flexibility index (Phi) is 2.72. The van der Waals surface area contributed by atoms with Gasteiger partial charge in [0.15, 0.2) is 6.10 Å². The molecule has 2 aliphatic rings. The topological polar surface area (TPSA) is 80.7 Å². The van der Waals surface area contributed by atoms with Crippen LogP contribution >= 0.6 is 0 Å². The third-order valence-corrected chi connectivity index (χ3v) is 4.08. The Morgan fingerprint density at radius 3 is 2.13 bits per heavy atom. The number of esters is 1. The molecule has 2 aromatic carbocycles. The van der Waals surface area contributed by atoms with Crippen LogP contribution < -0.4 is 0 Å². The van der Waals surface area contributed by atoms with Crippen molar-refractivity contribution in [1.82, 2.24) is 0 Å². The number of hydrogen-bond donors (Lipinski definition) is 1. The lowest BCUT2D eigenvalue weighted by atomic mass is 9.84. The van der Waals surface area contributed by atoms with E-state index in [1.165, 1.54) is 6.07 Å². The summed E-state index contributed by atoms with van der Waals surface area (Å²) in [6, 6.07) is 12.9. The van der Waals surface area contributed by atoms with E-state index in [-0.39, 0.29) is 22.5 Å². The summed E-state index contributed by atoms with van der Waals surface area (Å²) in [4.78, 5) is 36.7. The maximum atomic E-state index is 12.4. The number of rotatable bonds is 1. The first kappa shape index (κ1) is 13.5. The minimum absolute atomic E-state index is 0.149. The fraction of sp³-hybridized carbons (Fsp3) is 0.0556. The summed E-state index contributed by atoms with van der Waals surface area (Å²) in [5.41, 5.74) is 1.03. The summed E-state index contributed by atoms with van der Waals surface area (Å²) in [6.07, 6.45) is -1.07. The second-order valence-corrected chi connectivity index (χ2v) is 5.34. The largest absolute Gasteiger partial charge is 0.507 e. The summed E-state index contributed by atoms with van der Waals surface area (Å²) >= 11 is 0. The average Bonchev–Trinajstić information content (AvgIpc) is 2.90. The fourth-order valence-electron chi connectivity index (χ4n) is 2.99. The van der Waals surface area contributed by atoms with Crippen molar-refractivity contribution in [3.63, 3.8) is 0 Å². The molecule has 0 amide bonds. The zero-order valence-electron chi connectivity index (χ0n) is 11.8. The molecule has 1 unspecified atom stereocenters. The van der Waals surface area contributed by atoms with Crippen LogP contribution in [0.3, 0.4) is 0 Å². The van der Waals surface area contributed by atoms with E-state index in [4.69, 9.17) is 4.74 Å². The summed E-state index contributed by atoms with van der Waals surface area (Å²) in [5, 5.41) is 10.5. The van der Waals surface area contributed by atoms with Crippen LogP contribution in [0.15, 0.2) is 54.1 Å². The van der Waals surface area contributed by atoms with Gasteiger partial charge in [-0.05, 0) is 6.07 Å². The Morgan fingerprint density at radius 1 is 0.783 bits per heavy atom. The van der Waals surface area contributed by atoms with E-state index in [2.05, 4.69) is 0 Å². The maximum Gasteiger partial charge on any atom is 0.339 e. The van der Waals surface area contributed by atoms with Crippen LogP contribution in [0.5, 0.6) is 0 Å². The Morgan fingerprint density at radius 2 is 1.39 bits per heavy atom. The van der Waals surface area contributed by atoms with E-state index >= 15 is 0 Å². The molecule has 0 spiro atoms. The summed E-state index contributed by atoms with van der Waals surface area (Å²) in [7, 11) is 0. The number of aliphatic hydroxyl groups is 1. The van der Waals surface area contributed by atoms with E-state index in [1.807, 2.05) is 0 Å². The van der Waals surface area contributed by atoms with Crippen LogP contribution in [0.25, 0.3) is 5.76 Å². The molecular weight excluding hydrogens is 296 g/mol. The van der Waals surface area contributed by atoms with E-state index in [1.54, 1.807) is 42.5 Å². The van der Waals surface area contributed by atoms with Crippen LogP contribution in [0.4, 0.5) is 0 Å². The van der Waals surface area contributed by atoms with Crippen LogP contribution in [-0.4, -0.2) is 22.6 Å². The molecule has 1 aliphatic carbocycles. The number of ketones is 2. The molecule has 2 aromatic rings. The molecule has 0 fully saturated rings. The minimum atomic E-state index is -1.07. The lowest BCUT2D eigenvalue weighted by molar-refractivity contribution is -0.112. The van der Waals surface area contributed by atoms with Crippen molar-refractivity contribution in [2.24, 2.45) is 0 Å². The Labute approximate surface area is 130 Å². The molecule has 0 radical (unpaired) electrons. The molecule has 4 rings (SSSR count). The van der Waals surface area contributed by atoms with Crippen molar-refractivity contribution in [3.05, 3.63) is 76.4 Å². The SMILES string of the molecule is O=C1C(=O)c2ccccc2C(O)=C1C1OC(=O)c2ccccc21. The highest BCUT2D eigenvalue weighted by Crippen LogP contribution is 2.41. The minimum Gasteiger partial charge on any atom is -0.507 e. The van der Waals surface area contributed by atoms with Gasteiger partial charge >= 0.3 is 5.97 Å². The van der Waals surface area contributed by atoms with E-state index < -0.39 is 23.6 Å². The van der Waals surface area contributed by atoms with Crippen LogP contribution in [0.1, 0.15) is 37.9 Å². The number of fused-ring (bicyclic) bond motifs is 2. The normalized spacial score (nSPS) is 19.5. The predicted octanol–water partition coefficient (Wildman–Crippen LogP) is 2.63. The van der Waals surface area contributed by atoms with Gasteiger partial charge in [0.2, 0.25) is 11.6 Å². The number of aliphatic hydroxyl groups excluding tert-OH is 1. The zero-order valence-corrected chi connectivity index (χ0v) is 11.8. The van der Waals surface area contributed by atoms with Gasteiger partial charge in [-0.3, -0.25) is 9.59 Å². The predicted molar refractivity (Wildman–Crippen MR) is 79.9 cm³/mol. The molecule has 0 aromatic heterocycles. The van der Waals surface area contributed by atoms with Crippen LogP contribution in [-0.2, 0) is 9.53 Å². The lowest BCUT2D eigenvalue weighted by Gasteiger charge is -2.21. The highest BCUT2D eigenvalue weighted by Gasteiger charge is 2.43. The second-order valence-electron chi connectivity index (χ2n) is 5.34. The molecule has 5 heteroatoms. The van der Waals surface area contributed by atoms with Crippen molar-refractivity contribution in [2.45, 2.75) is 6.10 Å². The monoisotopic (exact) mass is 306 g/mol. The number of Topliss-reactive ketones (excluding diaryl/α,β-unsaturated/α-hetero) is 2. The van der Waals surface area contributed by atoms with Gasteiger partial charge in [0, 0.05) is 16.7 Å². The number of benzene rings is 2. The number of ether oxygens (including phenoxy) is 1. The molecule has 0 bridgehead atoms. The van der Waals surface area contributed by atoms with E-state index in [9.17, 15) is 19.5 Å². The van der Waals surface area contributed by atoms with Gasteiger partial charge in [0.1, 0.15) is 5.76 Å². The van der Waals surface area contributed by atoms with Crippen molar-refractivity contribution >= 4 is 23.3 Å². The smallest absolute Gasteiger partial charge is 0.339 e. The Bertz CT molecular complexity index is 923. The first-order valence-corrected chi connectivity index (χ1v) is 7.01. The lowest BCUT2D eigenvalue weighted by Crippen LogP contribution is -2.27. The molecule has 1 atom stereocenters. The van der Waals surface area contributed by atoms with Crippen molar-refractivity contribution in [2.75, 3.05) is 0 Å². The third-order valence-electron chi connectivity index (χ3n) is 4.08. The molecule has 1 N–H and O–H groups in total. The summed E-state index contributed by atoms with van der Waals surface area (Å²) in [6.45, 7) is 0. The second kappa shape index (κ2) is 4.64. The first-order chi connectivity index (χ1) is 11.1. The molecular formula is C18H10O5. The van der Waals surface area contributed by atoms with E-state index in [0.29, 0.717) is 11.1 Å². The van der Waals surface area contributed by atoms with Gasteiger partial charge in [-0.1, -0.05) is 42.5 Å². The van der Waals surface area contributed by atoms with Gasteiger partial charge < -0.3 is 9.84 Å². The molecule has 1 heterocycles. The van der Waals surface area contributed by atoms with Crippen molar-refractivity contribution in [3.8, 4) is 0 Å². The van der Waals surface area contributed by atoms with Crippen LogP contribution in [0.2, 0.25) is 0 Å². The van der Waals surface area contributed by atoms with Gasteiger partial charge in [-0.25, -0.2) is 4.79 Å². The Balaban J connectivity index is 1.95. The standard InChI is InChI=1S/C18H10O5/c19-14-9-5-1-2-6-10(9)15(20)16(21)13(14)17-11-7-3-4-8-12(11)18(22)23-17/h1-8,17,19H. The number of carbonyl (C=O) groups excluding carboxylic acids is 3. The molecule has 5 nitrogen and oxygen atoms in total. The highest BCUT2D eigenvalue weighted by atomic mass is 16.5. The average molecular weight is 306 g/mol. The molecule has 0 saturated carbocycles. The molecule has 112 valence electrons. The van der Waals surface area contributed by atoms with Gasteiger partial charge in [-0.15, -0.1) is 0 Å². The summed E-state index contributed by atoms with van der Waals surface area (Å²) < 4.78 is 5.25. The fourth-order valence-corrected chi connectivity index (χ4v) is 2.99. The number of cyclic esters (lactones) is 1. The van der Waals surface area contributed by atoms with Crippen LogP contribution in [0, 0.1) is 0 Å². The first-order valence-electron chi connectivity index (χ1n) is 7.01. The van der Waals surface area contributed by atoms with Gasteiger partial charge in [0.05, 0.1) is 11.1 Å². The van der Waals surface area contributed by atoms with Gasteiger partial charge in [-0.2, -0.15) is 0 Å². The van der Waals surface area contributed by atoms with Crippen molar-refractivity contribution in [1.29, 1.82) is 0 Å². The van der Waals surface area contributed by atoms with E-state index in [0.717, 1.165) is 0 Å². The Hall–Kier alpha value is -3.21. The zero-order chi connectivity index (χ0) is 16.1. The maximum absolute atomic E-state index is 12.4. The molecule has 0 saturated heterocycles. The third kappa shape index (κ3) is 1.76. The number of carbonyl (C=O) groups is 3. The summed E-state index contributed by atoms with van der Waals surface area (Å²) in [5.74, 6) is -2.46. The van der Waals surface area contributed by atoms with Crippen molar-refractivity contribution < 1.29 is 24.2 Å².